The van der Waals surface area contributed by atoms with E-state index >= 15 is 0 Å². The summed E-state index contributed by atoms with van der Waals surface area (Å²) in [5, 5.41) is 3.82. The van der Waals surface area contributed by atoms with Gasteiger partial charge in [-0.15, -0.1) is 0 Å². The summed E-state index contributed by atoms with van der Waals surface area (Å²) in [6, 6.07) is 1.50. The van der Waals surface area contributed by atoms with Gasteiger partial charge in [0.05, 0.1) is 18.3 Å². The molecule has 8 heteroatoms. The standard InChI is InChI=1S/C47H94N4O3Si/c1-37(19-15-30-51-29-13-11-9-7-8-10-12-14-34-55(4,5)6)40-22-23-41-45-42(36-44(47(40,41)3)54-33-18-28-50)46(2)25-24-39(52-31-16-26-48)21-20-38(46)35-43(45)53-32-17-27-49/h37-45,51H,7-36,48-50H2,1-6H3/t37-,38?,39?,40?,41+,42+,43-,44+,45?,46?,47?/m1/s1. The van der Waals surface area contributed by atoms with Crippen LogP contribution >= 0.6 is 0 Å². The molecule has 0 heterocycles. The number of nitrogens with two attached hydrogens (primary N) is 3. The van der Waals surface area contributed by atoms with E-state index in [1.165, 1.54) is 128 Å². The Bertz CT molecular complexity index is 1030. The molecule has 4 aliphatic rings. The Morgan fingerprint density at radius 1 is 0.655 bits per heavy atom. The van der Waals surface area contributed by atoms with Gasteiger partial charge in [0.25, 0.3) is 0 Å². The molecule has 0 aromatic carbocycles. The molecular formula is C47H94N4O3Si. The largest absolute Gasteiger partial charge is 0.378 e. The zero-order chi connectivity index (χ0) is 39.7. The lowest BCUT2D eigenvalue weighted by Gasteiger charge is -2.63. The molecule has 7 nitrogen and oxygen atoms in total. The summed E-state index contributed by atoms with van der Waals surface area (Å²) in [5.74, 6) is 3.93. The van der Waals surface area contributed by atoms with Crippen molar-refractivity contribution >= 4 is 8.07 Å². The number of unbranched alkanes of at least 4 members (excludes halogenated alkanes) is 7. The third kappa shape index (κ3) is 13.7. The predicted octanol–water partition coefficient (Wildman–Crippen LogP) is 9.92. The normalized spacial score (nSPS) is 34.2. The predicted molar refractivity (Wildman–Crippen MR) is 237 cm³/mol. The van der Waals surface area contributed by atoms with Crippen LogP contribution in [0.25, 0.3) is 0 Å². The van der Waals surface area contributed by atoms with E-state index in [2.05, 4.69) is 45.7 Å². The summed E-state index contributed by atoms with van der Waals surface area (Å²) in [6.45, 7) is 22.3. The van der Waals surface area contributed by atoms with Gasteiger partial charge >= 0.3 is 0 Å². The van der Waals surface area contributed by atoms with Crippen molar-refractivity contribution in [2.24, 2.45) is 63.5 Å². The first-order valence-electron chi connectivity index (χ1n) is 24.1. The molecule has 6 unspecified atom stereocenters. The van der Waals surface area contributed by atoms with Gasteiger partial charge in [0.1, 0.15) is 0 Å². The summed E-state index contributed by atoms with van der Waals surface area (Å²) in [4.78, 5) is 0. The topological polar surface area (TPSA) is 118 Å². The molecule has 0 amide bonds. The smallest absolute Gasteiger partial charge is 0.0637 e. The van der Waals surface area contributed by atoms with Crippen molar-refractivity contribution in [3.63, 3.8) is 0 Å². The molecule has 4 fully saturated rings. The fourth-order valence-electron chi connectivity index (χ4n) is 12.6. The summed E-state index contributed by atoms with van der Waals surface area (Å²) in [6.07, 6.45) is 27.6. The van der Waals surface area contributed by atoms with Gasteiger partial charge in [-0.25, -0.2) is 0 Å². The second-order valence-corrected chi connectivity index (χ2v) is 26.4. The molecule has 0 saturated heterocycles. The lowest BCUT2D eigenvalue weighted by atomic mass is 9.44. The number of hydrogen-bond acceptors (Lipinski definition) is 7. The zero-order valence-corrected chi connectivity index (χ0v) is 38.4. The monoisotopic (exact) mass is 791 g/mol. The van der Waals surface area contributed by atoms with Crippen LogP contribution in [0.15, 0.2) is 0 Å². The average Bonchev–Trinajstić information content (AvgIpc) is 3.42. The van der Waals surface area contributed by atoms with E-state index in [0.29, 0.717) is 78.9 Å². The molecule has 0 aromatic heterocycles. The van der Waals surface area contributed by atoms with E-state index in [0.717, 1.165) is 45.6 Å². The molecule has 55 heavy (non-hydrogen) atoms. The number of fused-ring (bicyclic) bond motifs is 5. The molecule has 4 aliphatic carbocycles. The van der Waals surface area contributed by atoms with Gasteiger partial charge in [0.15, 0.2) is 0 Å². The molecule has 0 spiro atoms. The van der Waals surface area contributed by atoms with E-state index in [1.807, 2.05) is 0 Å². The van der Waals surface area contributed by atoms with Gasteiger partial charge in [0, 0.05) is 33.3 Å². The SMILES string of the molecule is C[C@H](CCCNCCCCCCCCCC[Si](C)(C)C)C1CC[C@H]2C3[C@H](OCCCN)CC4CCC(OCCCN)CCC4(C)[C@H]3C[C@H](OCCCN)C12C. The second-order valence-electron chi connectivity index (χ2n) is 20.8. The summed E-state index contributed by atoms with van der Waals surface area (Å²) in [7, 11) is -0.845. The maximum atomic E-state index is 7.10. The van der Waals surface area contributed by atoms with Crippen molar-refractivity contribution < 1.29 is 14.2 Å². The lowest BCUT2D eigenvalue weighted by Crippen LogP contribution is -2.62. The molecule has 4 saturated carbocycles. The van der Waals surface area contributed by atoms with E-state index in [9.17, 15) is 0 Å². The number of nitrogens with one attached hydrogen (secondary N) is 1. The van der Waals surface area contributed by atoms with Crippen LogP contribution < -0.4 is 22.5 Å². The van der Waals surface area contributed by atoms with Crippen LogP contribution in [-0.2, 0) is 14.2 Å². The Morgan fingerprint density at radius 2 is 1.27 bits per heavy atom. The number of hydrogen-bond donors (Lipinski definition) is 4. The Kier molecular flexibility index (Phi) is 21.0. The Labute approximate surface area is 342 Å². The van der Waals surface area contributed by atoms with Crippen molar-refractivity contribution in [1.29, 1.82) is 0 Å². The first kappa shape index (κ1) is 47.6. The first-order valence-corrected chi connectivity index (χ1v) is 27.9. The minimum atomic E-state index is -0.845. The minimum absolute atomic E-state index is 0.175. The lowest BCUT2D eigenvalue weighted by molar-refractivity contribution is -0.217. The Hall–Kier alpha value is -0.0631. The van der Waals surface area contributed by atoms with Gasteiger partial charge in [-0.2, -0.15) is 0 Å². The van der Waals surface area contributed by atoms with Crippen LogP contribution in [0, 0.1) is 46.3 Å². The van der Waals surface area contributed by atoms with Gasteiger partial charge in [-0.05, 0) is 164 Å². The molecule has 4 rings (SSSR count). The van der Waals surface area contributed by atoms with E-state index in [4.69, 9.17) is 31.4 Å². The van der Waals surface area contributed by atoms with Gasteiger partial charge in [-0.3, -0.25) is 0 Å². The Morgan fingerprint density at radius 3 is 1.95 bits per heavy atom. The van der Waals surface area contributed by atoms with Gasteiger partial charge < -0.3 is 36.7 Å². The zero-order valence-electron chi connectivity index (χ0n) is 37.4. The van der Waals surface area contributed by atoms with Crippen molar-refractivity contribution in [1.82, 2.24) is 5.32 Å². The molecular weight excluding hydrogens is 697 g/mol. The fraction of sp³-hybridized carbons (Fsp3) is 1.00. The summed E-state index contributed by atoms with van der Waals surface area (Å²) in [5.41, 5.74) is 18.3. The van der Waals surface area contributed by atoms with E-state index in [1.54, 1.807) is 0 Å². The third-order valence-electron chi connectivity index (χ3n) is 15.8. The quantitative estimate of drug-likeness (QED) is 0.0461. The molecule has 0 bridgehead atoms. The van der Waals surface area contributed by atoms with Crippen molar-refractivity contribution in [2.75, 3.05) is 52.5 Å². The second kappa shape index (κ2) is 24.3. The van der Waals surface area contributed by atoms with E-state index < -0.39 is 8.07 Å². The Balaban J connectivity index is 1.34. The molecule has 324 valence electrons. The minimum Gasteiger partial charge on any atom is -0.378 e. The number of rotatable bonds is 28. The van der Waals surface area contributed by atoms with Crippen LogP contribution in [0.2, 0.25) is 25.7 Å². The maximum absolute atomic E-state index is 7.10. The van der Waals surface area contributed by atoms with Crippen LogP contribution in [-0.4, -0.2) is 78.9 Å². The van der Waals surface area contributed by atoms with Gasteiger partial charge in [0.2, 0.25) is 0 Å². The van der Waals surface area contributed by atoms with Crippen LogP contribution in [0.3, 0.4) is 0 Å². The summed E-state index contributed by atoms with van der Waals surface area (Å²) >= 11 is 0. The molecule has 11 atom stereocenters. The van der Waals surface area contributed by atoms with Crippen LogP contribution in [0.5, 0.6) is 0 Å². The molecule has 0 aromatic rings. The highest BCUT2D eigenvalue weighted by Gasteiger charge is 2.66. The van der Waals surface area contributed by atoms with Crippen LogP contribution in [0.4, 0.5) is 0 Å². The van der Waals surface area contributed by atoms with Crippen molar-refractivity contribution in [3.8, 4) is 0 Å². The highest BCUT2D eigenvalue weighted by atomic mass is 28.3. The van der Waals surface area contributed by atoms with Gasteiger partial charge in [-0.1, -0.05) is 91.4 Å². The van der Waals surface area contributed by atoms with E-state index in [-0.39, 0.29) is 5.41 Å². The highest BCUT2D eigenvalue weighted by molar-refractivity contribution is 6.76. The molecule has 7 N–H and O–H groups in total. The maximum Gasteiger partial charge on any atom is 0.0637 e. The van der Waals surface area contributed by atoms with Crippen molar-refractivity contribution in [2.45, 2.75) is 200 Å². The third-order valence-corrected chi connectivity index (χ3v) is 17.7. The van der Waals surface area contributed by atoms with Crippen molar-refractivity contribution in [3.05, 3.63) is 0 Å². The van der Waals surface area contributed by atoms with Crippen LogP contribution in [0.1, 0.15) is 156 Å². The molecule has 0 radical (unpaired) electrons. The highest BCUT2D eigenvalue weighted by Crippen LogP contribution is 2.69. The molecule has 0 aliphatic heterocycles. The average molecular weight is 791 g/mol. The first-order chi connectivity index (χ1) is 26.5. The fourth-order valence-corrected chi connectivity index (χ4v) is 13.9. The summed E-state index contributed by atoms with van der Waals surface area (Å²) < 4.78 is 20.5. The number of ether oxygens (including phenoxy) is 3.